The third kappa shape index (κ3) is 6.45. The predicted octanol–water partition coefficient (Wildman–Crippen LogP) is 1.98. The van der Waals surface area contributed by atoms with Crippen LogP contribution in [0.3, 0.4) is 0 Å². The summed E-state index contributed by atoms with van der Waals surface area (Å²) in [6.45, 7) is 5.75. The van der Waals surface area contributed by atoms with Gasteiger partial charge in [-0.3, -0.25) is 9.59 Å². The summed E-state index contributed by atoms with van der Waals surface area (Å²) >= 11 is 5.77. The van der Waals surface area contributed by atoms with E-state index in [1.165, 1.54) is 0 Å². The highest BCUT2D eigenvalue weighted by atomic mass is 35.5. The first kappa shape index (κ1) is 18.5. The molecule has 3 N–H and O–H groups in total. The third-order valence-corrected chi connectivity index (χ3v) is 3.47. The van der Waals surface area contributed by atoms with Gasteiger partial charge in [-0.15, -0.1) is 0 Å². The Morgan fingerprint density at radius 1 is 1.18 bits per heavy atom. The van der Waals surface area contributed by atoms with E-state index in [9.17, 15) is 14.7 Å². The van der Waals surface area contributed by atoms with Crippen molar-refractivity contribution in [3.8, 4) is 0 Å². The Kier molecular flexibility index (Phi) is 7.35. The molecule has 122 valence electrons. The van der Waals surface area contributed by atoms with Gasteiger partial charge in [0.1, 0.15) is 6.04 Å². The lowest BCUT2D eigenvalue weighted by atomic mass is 10.0. The largest absolute Gasteiger partial charge is 0.393 e. The lowest BCUT2D eigenvalue weighted by Gasteiger charge is -2.17. The second kappa shape index (κ2) is 8.76. The third-order valence-electron chi connectivity index (χ3n) is 3.22. The van der Waals surface area contributed by atoms with E-state index < -0.39 is 12.1 Å². The molecule has 3 unspecified atom stereocenters. The van der Waals surface area contributed by atoms with Crippen LogP contribution < -0.4 is 10.6 Å². The molecule has 2 amide bonds. The summed E-state index contributed by atoms with van der Waals surface area (Å²) in [5.74, 6) is -0.404. The van der Waals surface area contributed by atoms with Crippen molar-refractivity contribution in [3.05, 3.63) is 34.9 Å². The van der Waals surface area contributed by atoms with Gasteiger partial charge in [-0.05, 0) is 50.5 Å². The highest BCUT2D eigenvalue weighted by molar-refractivity contribution is 6.30. The van der Waals surface area contributed by atoms with Crippen LogP contribution in [0, 0.1) is 5.92 Å². The molecule has 5 nitrogen and oxygen atoms in total. The molecule has 0 heterocycles. The smallest absolute Gasteiger partial charge is 0.251 e. The van der Waals surface area contributed by atoms with Gasteiger partial charge >= 0.3 is 0 Å². The van der Waals surface area contributed by atoms with Gasteiger partial charge in [-0.2, -0.15) is 0 Å². The maximum atomic E-state index is 12.0. The maximum absolute atomic E-state index is 12.0. The number of carbonyl (C=O) groups excluding carboxylic acids is 2. The standard InChI is InChI=1S/C16H23ClN2O3/c1-10(8-11(2)20)9-18-15(21)12(3)19-16(22)13-4-6-14(17)7-5-13/h4-7,10-12,20H,8-9H2,1-3H3,(H,18,21)(H,19,22). The predicted molar refractivity (Wildman–Crippen MR) is 86.9 cm³/mol. The molecule has 3 atom stereocenters. The summed E-state index contributed by atoms with van der Waals surface area (Å²) in [6.07, 6.45) is 0.222. The minimum Gasteiger partial charge on any atom is -0.393 e. The van der Waals surface area contributed by atoms with Gasteiger partial charge in [0.05, 0.1) is 6.10 Å². The molecule has 0 saturated heterocycles. The van der Waals surface area contributed by atoms with Crippen LogP contribution >= 0.6 is 11.6 Å². The molecule has 1 aromatic rings. The number of aliphatic hydroxyl groups excluding tert-OH is 1. The van der Waals surface area contributed by atoms with Crippen LogP contribution in [0.5, 0.6) is 0 Å². The average molecular weight is 327 g/mol. The van der Waals surface area contributed by atoms with E-state index in [1.54, 1.807) is 38.1 Å². The van der Waals surface area contributed by atoms with Crippen LogP contribution in [0.25, 0.3) is 0 Å². The average Bonchev–Trinajstić information content (AvgIpc) is 2.44. The minimum absolute atomic E-state index is 0.170. The van der Waals surface area contributed by atoms with E-state index >= 15 is 0 Å². The summed E-state index contributed by atoms with van der Waals surface area (Å²) in [6, 6.07) is 5.82. The molecular formula is C16H23ClN2O3. The minimum atomic E-state index is -0.637. The lowest BCUT2D eigenvalue weighted by Crippen LogP contribution is -2.45. The normalized spacial score (nSPS) is 14.8. The fourth-order valence-electron chi connectivity index (χ4n) is 2.04. The van der Waals surface area contributed by atoms with Crippen molar-refractivity contribution in [1.82, 2.24) is 10.6 Å². The number of carbonyl (C=O) groups is 2. The van der Waals surface area contributed by atoms with Crippen molar-refractivity contribution < 1.29 is 14.7 Å². The van der Waals surface area contributed by atoms with Crippen molar-refractivity contribution in [2.24, 2.45) is 5.92 Å². The van der Waals surface area contributed by atoms with E-state index in [0.717, 1.165) is 0 Å². The maximum Gasteiger partial charge on any atom is 0.251 e. The van der Waals surface area contributed by atoms with Crippen LogP contribution in [0.4, 0.5) is 0 Å². The number of halogens is 1. The highest BCUT2D eigenvalue weighted by Gasteiger charge is 2.17. The fraction of sp³-hybridized carbons (Fsp3) is 0.500. The Bertz CT molecular complexity index is 503. The molecule has 0 fully saturated rings. The molecular weight excluding hydrogens is 304 g/mol. The molecule has 6 heteroatoms. The van der Waals surface area contributed by atoms with Crippen LogP contribution in [0.2, 0.25) is 5.02 Å². The molecule has 0 bridgehead atoms. The van der Waals surface area contributed by atoms with Crippen molar-refractivity contribution in [2.75, 3.05) is 6.54 Å². The first-order valence-electron chi connectivity index (χ1n) is 7.31. The fourth-order valence-corrected chi connectivity index (χ4v) is 2.17. The van der Waals surface area contributed by atoms with E-state index in [-0.39, 0.29) is 17.7 Å². The summed E-state index contributed by atoms with van der Waals surface area (Å²) in [4.78, 5) is 23.9. The Labute approximate surface area is 136 Å². The SMILES string of the molecule is CC(O)CC(C)CNC(=O)C(C)NC(=O)c1ccc(Cl)cc1. The lowest BCUT2D eigenvalue weighted by molar-refractivity contribution is -0.122. The Morgan fingerprint density at radius 3 is 2.32 bits per heavy atom. The number of hydrogen-bond donors (Lipinski definition) is 3. The van der Waals surface area contributed by atoms with Crippen LogP contribution in [-0.2, 0) is 4.79 Å². The first-order chi connectivity index (χ1) is 10.3. The Balaban J connectivity index is 2.43. The number of amides is 2. The van der Waals surface area contributed by atoms with E-state index in [0.29, 0.717) is 23.6 Å². The molecule has 0 aliphatic heterocycles. The van der Waals surface area contributed by atoms with Crippen LogP contribution in [0.15, 0.2) is 24.3 Å². The summed E-state index contributed by atoms with van der Waals surface area (Å²) in [5, 5.41) is 15.2. The molecule has 0 radical (unpaired) electrons. The molecule has 1 aromatic carbocycles. The molecule has 1 rings (SSSR count). The Morgan fingerprint density at radius 2 is 1.77 bits per heavy atom. The van der Waals surface area contributed by atoms with Crippen molar-refractivity contribution >= 4 is 23.4 Å². The monoisotopic (exact) mass is 326 g/mol. The zero-order valence-corrected chi connectivity index (χ0v) is 13.9. The number of nitrogens with one attached hydrogen (secondary N) is 2. The summed E-state index contributed by atoms with van der Waals surface area (Å²) in [7, 11) is 0. The zero-order chi connectivity index (χ0) is 16.7. The van der Waals surface area contributed by atoms with Crippen LogP contribution in [0.1, 0.15) is 37.6 Å². The second-order valence-corrected chi connectivity index (χ2v) is 6.07. The molecule has 0 saturated carbocycles. The van der Waals surface area contributed by atoms with Crippen LogP contribution in [-0.4, -0.2) is 35.6 Å². The topological polar surface area (TPSA) is 78.4 Å². The van der Waals surface area contributed by atoms with Gasteiger partial charge in [0.25, 0.3) is 5.91 Å². The quantitative estimate of drug-likeness (QED) is 0.717. The molecule has 0 aliphatic rings. The first-order valence-corrected chi connectivity index (χ1v) is 7.69. The van der Waals surface area contributed by atoms with Gasteiger partial charge in [-0.1, -0.05) is 18.5 Å². The number of aliphatic hydroxyl groups is 1. The number of benzene rings is 1. The van der Waals surface area contributed by atoms with Gasteiger partial charge in [0.15, 0.2) is 0 Å². The Hall–Kier alpha value is -1.59. The second-order valence-electron chi connectivity index (χ2n) is 5.64. The van der Waals surface area contributed by atoms with Gasteiger partial charge in [0, 0.05) is 17.1 Å². The number of hydrogen-bond acceptors (Lipinski definition) is 3. The number of rotatable bonds is 7. The summed E-state index contributed by atoms with van der Waals surface area (Å²) < 4.78 is 0. The van der Waals surface area contributed by atoms with Crippen molar-refractivity contribution in [1.29, 1.82) is 0 Å². The van der Waals surface area contributed by atoms with Crippen molar-refractivity contribution in [2.45, 2.75) is 39.3 Å². The van der Waals surface area contributed by atoms with Gasteiger partial charge in [-0.25, -0.2) is 0 Å². The van der Waals surface area contributed by atoms with E-state index in [4.69, 9.17) is 11.6 Å². The van der Waals surface area contributed by atoms with E-state index in [1.807, 2.05) is 6.92 Å². The molecule has 0 aliphatic carbocycles. The zero-order valence-electron chi connectivity index (χ0n) is 13.1. The molecule has 0 spiro atoms. The van der Waals surface area contributed by atoms with Gasteiger partial charge in [0.2, 0.25) is 5.91 Å². The molecule has 0 aromatic heterocycles. The van der Waals surface area contributed by atoms with Crippen molar-refractivity contribution in [3.63, 3.8) is 0 Å². The summed E-state index contributed by atoms with van der Waals surface area (Å²) in [5.41, 5.74) is 0.450. The van der Waals surface area contributed by atoms with E-state index in [2.05, 4.69) is 10.6 Å². The highest BCUT2D eigenvalue weighted by Crippen LogP contribution is 2.09. The molecule has 22 heavy (non-hydrogen) atoms. The van der Waals surface area contributed by atoms with Gasteiger partial charge < -0.3 is 15.7 Å².